The average molecular weight is 483 g/mol. The summed E-state index contributed by atoms with van der Waals surface area (Å²) in [4.78, 5) is 28.6. The second-order valence-corrected chi connectivity index (χ2v) is 9.13. The van der Waals surface area contributed by atoms with E-state index in [-0.39, 0.29) is 30.8 Å². The van der Waals surface area contributed by atoms with E-state index in [1.165, 1.54) is 0 Å². The SMILES string of the molecule is CC(C)NC(=O)[C@@H](Cc1ccccc1)N(Cc1ccccc1Cl)C(=O)Cc1ccc(Cl)cc1. The van der Waals surface area contributed by atoms with Crippen LogP contribution in [0.3, 0.4) is 0 Å². The molecule has 0 heterocycles. The summed E-state index contributed by atoms with van der Waals surface area (Å²) in [5.74, 6) is -0.345. The summed E-state index contributed by atoms with van der Waals surface area (Å²) >= 11 is 12.4. The highest BCUT2D eigenvalue weighted by Gasteiger charge is 2.31. The lowest BCUT2D eigenvalue weighted by molar-refractivity contribution is -0.141. The topological polar surface area (TPSA) is 49.4 Å². The molecule has 3 aromatic rings. The molecule has 0 aliphatic rings. The average Bonchev–Trinajstić information content (AvgIpc) is 2.79. The summed E-state index contributed by atoms with van der Waals surface area (Å²) < 4.78 is 0. The number of hydrogen-bond donors (Lipinski definition) is 1. The van der Waals surface area contributed by atoms with E-state index >= 15 is 0 Å². The molecule has 0 spiro atoms. The van der Waals surface area contributed by atoms with Gasteiger partial charge in [0.2, 0.25) is 11.8 Å². The van der Waals surface area contributed by atoms with E-state index in [4.69, 9.17) is 23.2 Å². The lowest BCUT2D eigenvalue weighted by atomic mass is 10.0. The molecule has 3 aromatic carbocycles. The number of halogens is 2. The Morgan fingerprint density at radius 1 is 0.848 bits per heavy atom. The highest BCUT2D eigenvalue weighted by Crippen LogP contribution is 2.22. The van der Waals surface area contributed by atoms with Gasteiger partial charge in [-0.2, -0.15) is 0 Å². The first kappa shape index (κ1) is 24.8. The second kappa shape index (κ2) is 11.9. The van der Waals surface area contributed by atoms with E-state index in [0.717, 1.165) is 16.7 Å². The van der Waals surface area contributed by atoms with Crippen LogP contribution in [-0.4, -0.2) is 28.8 Å². The van der Waals surface area contributed by atoms with Gasteiger partial charge in [0.15, 0.2) is 0 Å². The summed E-state index contributed by atoms with van der Waals surface area (Å²) in [7, 11) is 0. The minimum atomic E-state index is -0.689. The third-order valence-corrected chi connectivity index (χ3v) is 5.89. The number of carbonyl (C=O) groups excluding carboxylic acids is 2. The van der Waals surface area contributed by atoms with Crippen molar-refractivity contribution in [2.45, 2.75) is 45.3 Å². The monoisotopic (exact) mass is 482 g/mol. The summed E-state index contributed by atoms with van der Waals surface area (Å²) in [5, 5.41) is 4.16. The zero-order valence-corrected chi connectivity index (χ0v) is 20.3. The van der Waals surface area contributed by atoms with Crippen LogP contribution in [-0.2, 0) is 29.0 Å². The first-order valence-corrected chi connectivity index (χ1v) is 11.7. The van der Waals surface area contributed by atoms with Gasteiger partial charge in [0.25, 0.3) is 0 Å². The van der Waals surface area contributed by atoms with Crippen LogP contribution in [0, 0.1) is 0 Å². The van der Waals surface area contributed by atoms with E-state index in [1.54, 1.807) is 23.1 Å². The lowest BCUT2D eigenvalue weighted by Crippen LogP contribution is -2.52. The van der Waals surface area contributed by atoms with Crippen molar-refractivity contribution >= 4 is 35.0 Å². The Bertz CT molecular complexity index is 1070. The standard InChI is InChI=1S/C27H28Cl2N2O2/c1-19(2)30-27(33)25(16-20-8-4-3-5-9-20)31(18-22-10-6-7-11-24(22)29)26(32)17-21-12-14-23(28)15-13-21/h3-15,19,25H,16-18H2,1-2H3,(H,30,33)/t25-/m1/s1. The van der Waals surface area contributed by atoms with Crippen molar-refractivity contribution in [3.05, 3.63) is 106 Å². The molecule has 3 rings (SSSR count). The van der Waals surface area contributed by atoms with Gasteiger partial charge in [-0.1, -0.05) is 83.9 Å². The van der Waals surface area contributed by atoms with Crippen LogP contribution in [0.4, 0.5) is 0 Å². The van der Waals surface area contributed by atoms with E-state index in [2.05, 4.69) is 5.32 Å². The molecule has 0 bridgehead atoms. The number of benzene rings is 3. The van der Waals surface area contributed by atoms with Crippen molar-refractivity contribution in [1.29, 1.82) is 0 Å². The Balaban J connectivity index is 1.97. The summed E-state index contributed by atoms with van der Waals surface area (Å²) in [6.07, 6.45) is 0.554. The van der Waals surface area contributed by atoms with Crippen LogP contribution in [0.1, 0.15) is 30.5 Å². The van der Waals surface area contributed by atoms with Gasteiger partial charge >= 0.3 is 0 Å². The normalized spacial score (nSPS) is 11.8. The Kier molecular flexibility index (Phi) is 8.93. The van der Waals surface area contributed by atoms with E-state index < -0.39 is 6.04 Å². The third kappa shape index (κ3) is 7.34. The molecule has 0 unspecified atom stereocenters. The number of hydrogen-bond acceptors (Lipinski definition) is 2. The van der Waals surface area contributed by atoms with Crippen molar-refractivity contribution in [2.24, 2.45) is 0 Å². The number of nitrogens with zero attached hydrogens (tertiary/aromatic N) is 1. The first-order valence-electron chi connectivity index (χ1n) is 10.9. The minimum absolute atomic E-state index is 0.0516. The van der Waals surface area contributed by atoms with Crippen LogP contribution in [0.5, 0.6) is 0 Å². The van der Waals surface area contributed by atoms with Crippen molar-refractivity contribution < 1.29 is 9.59 Å². The van der Waals surface area contributed by atoms with Gasteiger partial charge in [0, 0.05) is 29.1 Å². The number of rotatable bonds is 9. The molecular weight excluding hydrogens is 455 g/mol. The van der Waals surface area contributed by atoms with E-state index in [9.17, 15) is 9.59 Å². The molecule has 0 fully saturated rings. The molecule has 172 valence electrons. The van der Waals surface area contributed by atoms with Gasteiger partial charge in [0.05, 0.1) is 6.42 Å². The van der Waals surface area contributed by atoms with Gasteiger partial charge in [-0.15, -0.1) is 0 Å². The maximum absolute atomic E-state index is 13.6. The third-order valence-electron chi connectivity index (χ3n) is 5.27. The molecule has 1 N–H and O–H groups in total. The number of nitrogens with one attached hydrogen (secondary N) is 1. The minimum Gasteiger partial charge on any atom is -0.352 e. The molecule has 1 atom stereocenters. The second-order valence-electron chi connectivity index (χ2n) is 8.29. The molecular formula is C27H28Cl2N2O2. The van der Waals surface area contributed by atoms with Gasteiger partial charge in [-0.3, -0.25) is 9.59 Å². The molecule has 0 aliphatic heterocycles. The predicted octanol–water partition coefficient (Wildman–Crippen LogP) is 5.70. The van der Waals surface area contributed by atoms with Crippen LogP contribution in [0.15, 0.2) is 78.9 Å². The fourth-order valence-electron chi connectivity index (χ4n) is 3.62. The van der Waals surface area contributed by atoms with Gasteiger partial charge < -0.3 is 10.2 Å². The molecule has 4 nitrogen and oxygen atoms in total. The molecule has 0 saturated carbocycles. The Labute approximate surface area is 205 Å². The summed E-state index contributed by atoms with van der Waals surface area (Å²) in [5.41, 5.74) is 2.60. The van der Waals surface area contributed by atoms with Crippen molar-refractivity contribution in [3.63, 3.8) is 0 Å². The smallest absolute Gasteiger partial charge is 0.243 e. The van der Waals surface area contributed by atoms with Gasteiger partial charge in [0.1, 0.15) is 6.04 Å². The molecule has 2 amide bonds. The van der Waals surface area contributed by atoms with Gasteiger partial charge in [-0.25, -0.2) is 0 Å². The Morgan fingerprint density at radius 3 is 2.12 bits per heavy atom. The number of amides is 2. The Hall–Kier alpha value is -2.82. The maximum Gasteiger partial charge on any atom is 0.243 e. The van der Waals surface area contributed by atoms with Gasteiger partial charge in [-0.05, 0) is 48.7 Å². The highest BCUT2D eigenvalue weighted by molar-refractivity contribution is 6.31. The van der Waals surface area contributed by atoms with E-state index in [1.807, 2.05) is 74.5 Å². The molecule has 0 radical (unpaired) electrons. The first-order chi connectivity index (χ1) is 15.8. The zero-order valence-electron chi connectivity index (χ0n) is 18.8. The summed E-state index contributed by atoms with van der Waals surface area (Å²) in [6, 6.07) is 23.6. The highest BCUT2D eigenvalue weighted by atomic mass is 35.5. The predicted molar refractivity (Wildman–Crippen MR) is 134 cm³/mol. The van der Waals surface area contributed by atoms with Crippen LogP contribution >= 0.6 is 23.2 Å². The quantitative estimate of drug-likeness (QED) is 0.425. The maximum atomic E-state index is 13.6. The molecule has 6 heteroatoms. The van der Waals surface area contributed by atoms with Crippen molar-refractivity contribution in [1.82, 2.24) is 10.2 Å². The fourth-order valence-corrected chi connectivity index (χ4v) is 3.94. The Morgan fingerprint density at radius 2 is 1.48 bits per heavy atom. The lowest BCUT2D eigenvalue weighted by Gasteiger charge is -2.32. The molecule has 33 heavy (non-hydrogen) atoms. The largest absolute Gasteiger partial charge is 0.352 e. The van der Waals surface area contributed by atoms with Crippen LogP contribution in [0.2, 0.25) is 10.0 Å². The van der Waals surface area contributed by atoms with Crippen molar-refractivity contribution in [2.75, 3.05) is 0 Å². The van der Waals surface area contributed by atoms with Crippen molar-refractivity contribution in [3.8, 4) is 0 Å². The summed E-state index contributed by atoms with van der Waals surface area (Å²) in [6.45, 7) is 4.05. The van der Waals surface area contributed by atoms with E-state index in [0.29, 0.717) is 16.5 Å². The molecule has 0 aliphatic carbocycles. The van der Waals surface area contributed by atoms with Crippen LogP contribution < -0.4 is 5.32 Å². The van der Waals surface area contributed by atoms with Crippen LogP contribution in [0.25, 0.3) is 0 Å². The molecule has 0 saturated heterocycles. The zero-order chi connectivity index (χ0) is 23.8. The fraction of sp³-hybridized carbons (Fsp3) is 0.259. The molecule has 0 aromatic heterocycles. The number of carbonyl (C=O) groups is 2.